The average Bonchev–Trinajstić information content (AvgIpc) is 3.66. The van der Waals surface area contributed by atoms with E-state index in [-0.39, 0.29) is 30.6 Å². The van der Waals surface area contributed by atoms with Crippen molar-refractivity contribution in [3.8, 4) is 11.8 Å². The van der Waals surface area contributed by atoms with E-state index in [9.17, 15) is 14.4 Å². The number of hydrogen-bond acceptors (Lipinski definition) is 7. The first-order chi connectivity index (χ1) is 18.7. The molecule has 11 heteroatoms. The zero-order valence-corrected chi connectivity index (χ0v) is 23.1. The van der Waals surface area contributed by atoms with Crippen LogP contribution in [0.3, 0.4) is 0 Å². The molecule has 0 bridgehead atoms. The predicted octanol–water partition coefficient (Wildman–Crippen LogP) is 1.05. The summed E-state index contributed by atoms with van der Waals surface area (Å²) in [6.45, 7) is 7.32. The SMILES string of the molecule is CC#CCn1c(N2CCC[C@@H](N)C2)c(C(=O)NCC2CC2)c2c1c(=O)n(Cc1nc(C)cc(C)n1)c(=O)n2C. The lowest BCUT2D eigenvalue weighted by Crippen LogP contribution is -2.44. The first kappa shape index (κ1) is 26.7. The Hall–Kier alpha value is -3.91. The Morgan fingerprint density at radius 2 is 1.85 bits per heavy atom. The summed E-state index contributed by atoms with van der Waals surface area (Å²) in [6, 6.07) is 1.77. The minimum Gasteiger partial charge on any atom is -0.356 e. The smallest absolute Gasteiger partial charge is 0.331 e. The van der Waals surface area contributed by atoms with Gasteiger partial charge in [0.1, 0.15) is 22.7 Å². The van der Waals surface area contributed by atoms with Gasteiger partial charge in [0, 0.05) is 44.1 Å². The van der Waals surface area contributed by atoms with Crippen LogP contribution in [0.2, 0.25) is 0 Å². The van der Waals surface area contributed by atoms with Crippen molar-refractivity contribution < 1.29 is 4.79 Å². The highest BCUT2D eigenvalue weighted by atomic mass is 16.2. The third-order valence-corrected chi connectivity index (χ3v) is 7.49. The van der Waals surface area contributed by atoms with E-state index in [1.807, 2.05) is 19.9 Å². The molecule has 4 heterocycles. The number of aryl methyl sites for hydroxylation is 3. The quantitative estimate of drug-likeness (QED) is 0.435. The molecule has 39 heavy (non-hydrogen) atoms. The van der Waals surface area contributed by atoms with Gasteiger partial charge in [-0.05, 0) is 58.4 Å². The van der Waals surface area contributed by atoms with Gasteiger partial charge in [0.2, 0.25) is 0 Å². The molecular weight excluding hydrogens is 496 g/mol. The van der Waals surface area contributed by atoms with Crippen LogP contribution in [0.1, 0.15) is 60.2 Å². The van der Waals surface area contributed by atoms with E-state index in [4.69, 9.17) is 5.73 Å². The van der Waals surface area contributed by atoms with Crippen LogP contribution in [0.5, 0.6) is 0 Å². The monoisotopic (exact) mass is 532 g/mol. The summed E-state index contributed by atoms with van der Waals surface area (Å²) in [5.41, 5.74) is 7.70. The molecule has 0 radical (unpaired) electrons. The van der Waals surface area contributed by atoms with E-state index >= 15 is 0 Å². The second kappa shape index (κ2) is 10.7. The maximum absolute atomic E-state index is 14.1. The Balaban J connectivity index is 1.78. The molecule has 3 N–H and O–H groups in total. The lowest BCUT2D eigenvalue weighted by atomic mass is 10.1. The molecule has 1 aliphatic carbocycles. The molecule has 1 aliphatic heterocycles. The van der Waals surface area contributed by atoms with Crippen LogP contribution in [0.15, 0.2) is 15.7 Å². The predicted molar refractivity (Wildman–Crippen MR) is 150 cm³/mol. The van der Waals surface area contributed by atoms with E-state index in [0.717, 1.165) is 41.6 Å². The number of carbonyl (C=O) groups is 1. The highest BCUT2D eigenvalue weighted by molar-refractivity contribution is 6.11. The Morgan fingerprint density at radius 1 is 1.13 bits per heavy atom. The van der Waals surface area contributed by atoms with Crippen LogP contribution in [0, 0.1) is 31.6 Å². The molecule has 5 rings (SSSR count). The molecule has 0 spiro atoms. The van der Waals surface area contributed by atoms with Gasteiger partial charge in [-0.15, -0.1) is 5.92 Å². The Kier molecular flexibility index (Phi) is 7.32. The zero-order valence-electron chi connectivity index (χ0n) is 23.1. The molecule has 2 aliphatic rings. The van der Waals surface area contributed by atoms with E-state index in [2.05, 4.69) is 32.0 Å². The van der Waals surface area contributed by atoms with Crippen molar-refractivity contribution in [1.82, 2.24) is 29.0 Å². The average molecular weight is 533 g/mol. The Morgan fingerprint density at radius 3 is 2.49 bits per heavy atom. The van der Waals surface area contributed by atoms with Crippen molar-refractivity contribution in [2.24, 2.45) is 18.7 Å². The Bertz CT molecular complexity index is 1600. The summed E-state index contributed by atoms with van der Waals surface area (Å²) in [5, 5.41) is 3.06. The molecule has 3 aromatic rings. The van der Waals surface area contributed by atoms with Gasteiger partial charge < -0.3 is 20.5 Å². The largest absolute Gasteiger partial charge is 0.356 e. The minimum atomic E-state index is -0.535. The lowest BCUT2D eigenvalue weighted by Gasteiger charge is -2.33. The molecule has 0 aromatic carbocycles. The normalized spacial score (nSPS) is 17.3. The highest BCUT2D eigenvalue weighted by Crippen LogP contribution is 2.33. The summed E-state index contributed by atoms with van der Waals surface area (Å²) in [7, 11) is 1.60. The lowest BCUT2D eigenvalue weighted by molar-refractivity contribution is 0.0953. The van der Waals surface area contributed by atoms with Gasteiger partial charge in [-0.3, -0.25) is 18.7 Å². The summed E-state index contributed by atoms with van der Waals surface area (Å²) in [5.74, 6) is 7.11. The van der Waals surface area contributed by atoms with E-state index in [1.165, 1.54) is 4.57 Å². The van der Waals surface area contributed by atoms with Crippen molar-refractivity contribution in [2.75, 3.05) is 24.5 Å². The molecule has 0 unspecified atom stereocenters. The highest BCUT2D eigenvalue weighted by Gasteiger charge is 2.33. The Labute approximate surface area is 227 Å². The van der Waals surface area contributed by atoms with Crippen LogP contribution >= 0.6 is 0 Å². The van der Waals surface area contributed by atoms with Crippen LogP contribution in [0.4, 0.5) is 5.82 Å². The third kappa shape index (κ3) is 5.21. The number of hydrogen-bond donors (Lipinski definition) is 2. The fourth-order valence-electron chi connectivity index (χ4n) is 5.48. The fourth-order valence-corrected chi connectivity index (χ4v) is 5.48. The van der Waals surface area contributed by atoms with Crippen LogP contribution in [0.25, 0.3) is 11.0 Å². The number of fused-ring (bicyclic) bond motifs is 1. The molecule has 1 atom stereocenters. The standard InChI is InChI=1S/C28H36N8O3/c1-5-6-12-35-24-23(33(4)28(39)36(27(24)38)16-21-31-17(2)13-18(3)32-21)22(25(37)30-14-19-9-10-19)26(35)34-11-7-8-20(29)15-34/h13,19-20H,7-12,14-16,29H2,1-4H3,(H,30,37)/t20-/m1/s1. The molecule has 2 fully saturated rings. The van der Waals surface area contributed by atoms with Crippen LogP contribution in [-0.4, -0.2) is 55.3 Å². The van der Waals surface area contributed by atoms with Crippen molar-refractivity contribution in [3.63, 3.8) is 0 Å². The second-order valence-corrected chi connectivity index (χ2v) is 10.7. The zero-order chi connectivity index (χ0) is 27.8. The maximum Gasteiger partial charge on any atom is 0.331 e. The number of piperidine rings is 1. The van der Waals surface area contributed by atoms with Gasteiger partial charge >= 0.3 is 5.69 Å². The van der Waals surface area contributed by atoms with E-state index in [1.54, 1.807) is 18.5 Å². The van der Waals surface area contributed by atoms with Gasteiger partial charge in [0.25, 0.3) is 11.5 Å². The van der Waals surface area contributed by atoms with Crippen LogP contribution in [-0.2, 0) is 20.1 Å². The summed E-state index contributed by atoms with van der Waals surface area (Å²) >= 11 is 0. The molecule has 206 valence electrons. The maximum atomic E-state index is 14.1. The molecule has 3 aromatic heterocycles. The number of rotatable bonds is 7. The number of anilines is 1. The van der Waals surface area contributed by atoms with Crippen LogP contribution < -0.4 is 27.2 Å². The molecule has 1 saturated heterocycles. The third-order valence-electron chi connectivity index (χ3n) is 7.49. The molecule has 1 amide bonds. The number of amides is 1. The minimum absolute atomic E-state index is 0.0629. The first-order valence-electron chi connectivity index (χ1n) is 13.5. The van der Waals surface area contributed by atoms with Crippen molar-refractivity contribution in [2.45, 2.75) is 65.6 Å². The van der Waals surface area contributed by atoms with Crippen molar-refractivity contribution >= 4 is 22.8 Å². The summed E-state index contributed by atoms with van der Waals surface area (Å²) < 4.78 is 4.33. The van der Waals surface area contributed by atoms with Gasteiger partial charge in [-0.1, -0.05) is 5.92 Å². The number of nitrogens with two attached hydrogens (primary N) is 1. The second-order valence-electron chi connectivity index (χ2n) is 10.7. The number of nitrogens with one attached hydrogen (secondary N) is 1. The summed E-state index contributed by atoms with van der Waals surface area (Å²) in [4.78, 5) is 52.5. The van der Waals surface area contributed by atoms with Gasteiger partial charge in [-0.2, -0.15) is 0 Å². The molecule has 11 nitrogen and oxygen atoms in total. The number of carbonyl (C=O) groups excluding carboxylic acids is 1. The summed E-state index contributed by atoms with van der Waals surface area (Å²) in [6.07, 6.45) is 3.92. The van der Waals surface area contributed by atoms with Gasteiger partial charge in [0.05, 0.1) is 18.6 Å². The van der Waals surface area contributed by atoms with Gasteiger partial charge in [0.15, 0.2) is 0 Å². The van der Waals surface area contributed by atoms with E-state index in [0.29, 0.717) is 48.3 Å². The van der Waals surface area contributed by atoms with E-state index < -0.39 is 11.2 Å². The van der Waals surface area contributed by atoms with Gasteiger partial charge in [-0.25, -0.2) is 14.8 Å². The number of aromatic nitrogens is 5. The van der Waals surface area contributed by atoms with Crippen molar-refractivity contribution in [3.05, 3.63) is 49.7 Å². The number of nitrogens with zero attached hydrogens (tertiary/aromatic N) is 6. The topological polar surface area (TPSA) is 133 Å². The first-order valence-corrected chi connectivity index (χ1v) is 13.5. The van der Waals surface area contributed by atoms with Crippen molar-refractivity contribution in [1.29, 1.82) is 0 Å². The fraction of sp³-hybridized carbons (Fsp3) is 0.536. The molecular formula is C28H36N8O3. The molecule has 1 saturated carbocycles.